The maximum Gasteiger partial charge on any atom is 0.407 e. The van der Waals surface area contributed by atoms with Gasteiger partial charge in [0.25, 0.3) is 5.91 Å². The van der Waals surface area contributed by atoms with Crippen molar-refractivity contribution in [1.82, 2.24) is 39.5 Å². The molecule has 12 nitrogen and oxygen atoms in total. The van der Waals surface area contributed by atoms with Gasteiger partial charge in [0.05, 0.1) is 35.9 Å². The highest BCUT2D eigenvalue weighted by Crippen LogP contribution is 2.37. The van der Waals surface area contributed by atoms with Gasteiger partial charge in [0.15, 0.2) is 0 Å². The second kappa shape index (κ2) is 16.7. The van der Waals surface area contributed by atoms with Crippen LogP contribution in [0.4, 0.5) is 9.18 Å². The summed E-state index contributed by atoms with van der Waals surface area (Å²) < 4.78 is 14.1. The molecule has 8 rings (SSSR count). The number of halogens is 1. The molecular weight excluding hydrogens is 748 g/mol. The van der Waals surface area contributed by atoms with E-state index in [-0.39, 0.29) is 29.7 Å². The highest BCUT2D eigenvalue weighted by atomic mass is 19.1. The Kier molecular flexibility index (Phi) is 11.1. The summed E-state index contributed by atoms with van der Waals surface area (Å²) in [5, 5.41) is 9.80. The summed E-state index contributed by atoms with van der Waals surface area (Å²) in [7, 11) is 5.10. The number of rotatable bonds is 11. The van der Waals surface area contributed by atoms with Crippen LogP contribution in [0.15, 0.2) is 116 Å². The predicted octanol–water partition coefficient (Wildman–Crippen LogP) is 8.25. The first kappa shape index (κ1) is 39.2. The van der Waals surface area contributed by atoms with Gasteiger partial charge in [-0.15, -0.1) is 0 Å². The molecule has 59 heavy (non-hydrogen) atoms. The Hall–Kier alpha value is -6.60. The van der Waals surface area contributed by atoms with E-state index in [1.165, 1.54) is 19.2 Å². The average molecular weight is 795 g/mol. The maximum absolute atomic E-state index is 14.1. The van der Waals surface area contributed by atoms with Crippen molar-refractivity contribution in [1.29, 1.82) is 0 Å². The largest absolute Gasteiger partial charge is 0.465 e. The maximum atomic E-state index is 14.1. The molecule has 4 heterocycles. The Morgan fingerprint density at radius 2 is 1.14 bits per heavy atom. The molecule has 0 aliphatic carbocycles. The number of amides is 3. The predicted molar refractivity (Wildman–Crippen MR) is 222 cm³/mol. The van der Waals surface area contributed by atoms with Crippen LogP contribution in [0.5, 0.6) is 0 Å². The summed E-state index contributed by atoms with van der Waals surface area (Å²) in [5.41, 5.74) is 6.94. The third kappa shape index (κ3) is 7.98. The summed E-state index contributed by atoms with van der Waals surface area (Å²) >= 11 is 0. The van der Waals surface area contributed by atoms with Crippen molar-refractivity contribution in [2.24, 2.45) is 0 Å². The van der Waals surface area contributed by atoms with Gasteiger partial charge in [-0.2, -0.15) is 0 Å². The first-order chi connectivity index (χ1) is 28.6. The summed E-state index contributed by atoms with van der Waals surface area (Å²) in [5.74, 6) is 0.699. The van der Waals surface area contributed by atoms with Crippen molar-refractivity contribution >= 4 is 17.9 Å². The van der Waals surface area contributed by atoms with Crippen LogP contribution in [0, 0.1) is 5.82 Å². The minimum atomic E-state index is -1.17. The van der Waals surface area contributed by atoms with Crippen LogP contribution in [-0.4, -0.2) is 96.8 Å². The van der Waals surface area contributed by atoms with Crippen molar-refractivity contribution in [3.63, 3.8) is 0 Å². The van der Waals surface area contributed by atoms with Gasteiger partial charge in [-0.1, -0.05) is 91.0 Å². The fraction of sp³-hybridized carbons (Fsp3) is 0.283. The summed E-state index contributed by atoms with van der Waals surface area (Å²) in [6.45, 7) is 1.13. The van der Waals surface area contributed by atoms with E-state index in [9.17, 15) is 23.9 Å². The van der Waals surface area contributed by atoms with Crippen LogP contribution in [0.1, 0.15) is 72.6 Å². The number of carbonyl (C=O) groups excluding carboxylic acids is 2. The molecule has 2 aromatic heterocycles. The van der Waals surface area contributed by atoms with E-state index < -0.39 is 18.2 Å². The molecule has 3 amide bonds. The average Bonchev–Trinajstić information content (AvgIpc) is 4.09. The molecule has 13 heteroatoms. The highest BCUT2D eigenvalue weighted by Gasteiger charge is 2.40. The van der Waals surface area contributed by atoms with Gasteiger partial charge in [-0.25, -0.2) is 19.2 Å². The van der Waals surface area contributed by atoms with Crippen molar-refractivity contribution in [2.45, 2.75) is 49.9 Å². The number of benzene rings is 4. The lowest BCUT2D eigenvalue weighted by molar-refractivity contribution is -0.138. The molecule has 2 aliphatic rings. The molecular formula is C46H47FN8O4. The fourth-order valence-electron chi connectivity index (χ4n) is 8.55. The Morgan fingerprint density at radius 3 is 1.61 bits per heavy atom. The lowest BCUT2D eigenvalue weighted by Crippen LogP contribution is -2.43. The molecule has 0 saturated carbocycles. The normalized spacial score (nSPS) is 17.6. The van der Waals surface area contributed by atoms with E-state index >= 15 is 0 Å². The summed E-state index contributed by atoms with van der Waals surface area (Å²) in [4.78, 5) is 62.7. The van der Waals surface area contributed by atoms with E-state index in [1.54, 1.807) is 47.5 Å². The number of nitrogens with one attached hydrogen (secondary N) is 2. The number of aromatic nitrogens is 4. The van der Waals surface area contributed by atoms with Gasteiger partial charge < -0.3 is 24.9 Å². The molecule has 6 aromatic rings. The number of imidazole rings is 2. The van der Waals surface area contributed by atoms with Crippen molar-refractivity contribution in [3.05, 3.63) is 144 Å². The molecule has 4 aromatic carbocycles. The Bertz CT molecular complexity index is 2430. The zero-order valence-corrected chi connectivity index (χ0v) is 33.3. The molecule has 4 atom stereocenters. The van der Waals surface area contributed by atoms with E-state index in [0.717, 1.165) is 70.0 Å². The van der Waals surface area contributed by atoms with Crippen LogP contribution < -0.4 is 0 Å². The molecule has 1 unspecified atom stereocenters. The lowest BCUT2D eigenvalue weighted by Gasteiger charge is -2.32. The number of likely N-dealkylation sites (N-methyl/N-ethyl adjacent to an activating group) is 2. The molecule has 2 saturated heterocycles. The summed E-state index contributed by atoms with van der Waals surface area (Å²) in [6.07, 6.45) is 5.58. The number of carbonyl (C=O) groups is 3. The minimum absolute atomic E-state index is 0.0725. The van der Waals surface area contributed by atoms with E-state index in [1.807, 2.05) is 48.3 Å². The van der Waals surface area contributed by atoms with Crippen LogP contribution in [0.3, 0.4) is 0 Å². The Labute approximate surface area is 342 Å². The lowest BCUT2D eigenvalue weighted by atomic mass is 10.0. The van der Waals surface area contributed by atoms with E-state index in [4.69, 9.17) is 4.98 Å². The van der Waals surface area contributed by atoms with Crippen molar-refractivity contribution in [3.8, 4) is 33.6 Å². The van der Waals surface area contributed by atoms with Gasteiger partial charge in [0, 0.05) is 20.1 Å². The smallest absolute Gasteiger partial charge is 0.407 e. The number of carboxylic acid groups (broad SMARTS) is 1. The molecule has 2 aliphatic heterocycles. The number of likely N-dealkylation sites (tertiary alicyclic amines) is 2. The first-order valence-electron chi connectivity index (χ1n) is 19.9. The van der Waals surface area contributed by atoms with E-state index in [0.29, 0.717) is 30.0 Å². The molecule has 302 valence electrons. The molecule has 0 bridgehead atoms. The third-order valence-electron chi connectivity index (χ3n) is 11.6. The molecule has 2 fully saturated rings. The topological polar surface area (TPSA) is 142 Å². The Morgan fingerprint density at radius 1 is 0.661 bits per heavy atom. The standard InChI is InChI=1S/C46H47FN8O4/c1-52(2)40(34-12-7-13-35(47)26-34)44(56)54-24-8-14-38(54)42-48-27-36(50-42)31-20-16-29(17-21-31)30-18-22-32(23-19-30)37-28-49-43(51-37)39-15-9-25-55(39)45(57)41(53(3)46(58)59)33-10-5-4-6-11-33/h4-7,10-13,16-23,26-28,38-41H,8-9,14-15,24-25H2,1-3H3,(H,48,50)(H,49,51)(H,58,59)/t38-,39-,40?,41+/m0/s1. The second-order valence-corrected chi connectivity index (χ2v) is 15.5. The SMILES string of the molecule is CN(C)C(C(=O)N1CCC[C@H]1c1ncc(-c2ccc(-c3ccc(-c4cnc([C@@H]5CCCN5C(=O)[C@@H](c5ccccc5)N(C)C(=O)O)[nH]4)cc3)cc2)[nH]1)c1cccc(F)c1. The highest BCUT2D eigenvalue weighted by molar-refractivity contribution is 5.87. The van der Waals surface area contributed by atoms with Crippen LogP contribution >= 0.6 is 0 Å². The zero-order chi connectivity index (χ0) is 41.2. The van der Waals surface area contributed by atoms with Crippen molar-refractivity contribution in [2.75, 3.05) is 34.2 Å². The number of hydrogen-bond acceptors (Lipinski definition) is 6. The first-order valence-corrected chi connectivity index (χ1v) is 19.9. The number of hydrogen-bond donors (Lipinski definition) is 3. The number of aromatic amines is 2. The zero-order valence-electron chi connectivity index (χ0n) is 33.3. The number of nitrogens with zero attached hydrogens (tertiary/aromatic N) is 6. The van der Waals surface area contributed by atoms with Crippen LogP contribution in [-0.2, 0) is 9.59 Å². The van der Waals surface area contributed by atoms with Gasteiger partial charge in [-0.3, -0.25) is 19.4 Å². The molecule has 0 spiro atoms. The van der Waals surface area contributed by atoms with Gasteiger partial charge >= 0.3 is 6.09 Å². The van der Waals surface area contributed by atoms with Crippen molar-refractivity contribution < 1.29 is 23.9 Å². The van der Waals surface area contributed by atoms with Gasteiger partial charge in [0.2, 0.25) is 5.91 Å². The van der Waals surface area contributed by atoms with Gasteiger partial charge in [0.1, 0.15) is 29.5 Å². The number of H-pyrrole nitrogens is 2. The third-order valence-corrected chi connectivity index (χ3v) is 11.6. The second-order valence-electron chi connectivity index (χ2n) is 15.5. The minimum Gasteiger partial charge on any atom is -0.465 e. The van der Waals surface area contributed by atoms with Crippen LogP contribution in [0.25, 0.3) is 33.6 Å². The molecule has 0 radical (unpaired) electrons. The summed E-state index contributed by atoms with van der Waals surface area (Å²) in [6, 6.07) is 29.6. The van der Waals surface area contributed by atoms with Gasteiger partial charge in [-0.05, 0) is 85.3 Å². The van der Waals surface area contributed by atoms with E-state index in [2.05, 4.69) is 51.4 Å². The fourth-order valence-corrected chi connectivity index (χ4v) is 8.55. The monoisotopic (exact) mass is 794 g/mol. The Balaban J connectivity index is 0.935. The molecule has 3 N–H and O–H groups in total. The quantitative estimate of drug-likeness (QED) is 0.120. The van der Waals surface area contributed by atoms with Crippen LogP contribution in [0.2, 0.25) is 0 Å².